The van der Waals surface area contributed by atoms with Crippen molar-refractivity contribution in [1.29, 1.82) is 0 Å². The number of esters is 1. The lowest BCUT2D eigenvalue weighted by Gasteiger charge is -2.23. The molecule has 0 spiro atoms. The van der Waals surface area contributed by atoms with Gasteiger partial charge in [0.05, 0.1) is 6.61 Å². The molecule has 0 radical (unpaired) electrons. The molecule has 23 heavy (non-hydrogen) atoms. The van der Waals surface area contributed by atoms with E-state index in [0.29, 0.717) is 6.42 Å². The minimum absolute atomic E-state index is 0.262. The first-order chi connectivity index (χ1) is 10.6. The van der Waals surface area contributed by atoms with Crippen LogP contribution in [0.25, 0.3) is 0 Å². The van der Waals surface area contributed by atoms with Gasteiger partial charge in [-0.1, -0.05) is 23.8 Å². The number of amides is 1. The van der Waals surface area contributed by atoms with Gasteiger partial charge in [0.15, 0.2) is 0 Å². The largest absolute Gasteiger partial charge is 0.464 e. The van der Waals surface area contributed by atoms with Gasteiger partial charge in [-0.2, -0.15) is 0 Å². The predicted molar refractivity (Wildman–Crippen MR) is 89.4 cm³/mol. The third-order valence-electron chi connectivity index (χ3n) is 3.18. The Labute approximate surface area is 138 Å². The van der Waals surface area contributed by atoms with Crippen molar-refractivity contribution in [1.82, 2.24) is 5.32 Å². The van der Waals surface area contributed by atoms with E-state index in [1.54, 1.807) is 27.7 Å². The number of nitrogens with one attached hydrogen (secondary N) is 1. The van der Waals surface area contributed by atoms with Gasteiger partial charge in [0, 0.05) is 6.42 Å². The normalized spacial score (nSPS) is 12.4. The summed E-state index contributed by atoms with van der Waals surface area (Å²) in [7, 11) is 0. The van der Waals surface area contributed by atoms with E-state index in [-0.39, 0.29) is 6.61 Å². The second-order valence-electron chi connectivity index (χ2n) is 6.58. The molecule has 1 atom stereocenters. The molecule has 0 bridgehead atoms. The second-order valence-corrected chi connectivity index (χ2v) is 6.58. The summed E-state index contributed by atoms with van der Waals surface area (Å²) in [5.41, 5.74) is 2.59. The van der Waals surface area contributed by atoms with E-state index in [1.165, 1.54) is 0 Å². The lowest BCUT2D eigenvalue weighted by molar-refractivity contribution is -0.145. The molecule has 1 N–H and O–H groups in total. The third kappa shape index (κ3) is 6.72. The first-order valence-corrected chi connectivity index (χ1v) is 7.84. The van der Waals surface area contributed by atoms with Gasteiger partial charge in [0.25, 0.3) is 0 Å². The van der Waals surface area contributed by atoms with Crippen LogP contribution >= 0.6 is 0 Å². The summed E-state index contributed by atoms with van der Waals surface area (Å²) in [6.07, 6.45) is -0.259. The average Bonchev–Trinajstić information content (AvgIpc) is 2.39. The molecule has 0 saturated heterocycles. The zero-order valence-corrected chi connectivity index (χ0v) is 14.9. The summed E-state index contributed by atoms with van der Waals surface area (Å²) in [6, 6.07) is 5.22. The molecule has 1 unspecified atom stereocenters. The number of alkyl carbamates (subject to hydrolysis) is 1. The van der Waals surface area contributed by atoms with Crippen LogP contribution in [-0.2, 0) is 20.7 Å². The van der Waals surface area contributed by atoms with Gasteiger partial charge in [-0.3, -0.25) is 0 Å². The Morgan fingerprint density at radius 1 is 1.22 bits per heavy atom. The minimum atomic E-state index is -0.772. The highest BCUT2D eigenvalue weighted by atomic mass is 16.6. The van der Waals surface area contributed by atoms with Crippen molar-refractivity contribution in [3.05, 3.63) is 34.9 Å². The maximum Gasteiger partial charge on any atom is 0.408 e. The number of hydrogen-bond acceptors (Lipinski definition) is 4. The van der Waals surface area contributed by atoms with Crippen LogP contribution in [0.5, 0.6) is 0 Å². The molecule has 5 nitrogen and oxygen atoms in total. The highest BCUT2D eigenvalue weighted by Gasteiger charge is 2.26. The Morgan fingerprint density at radius 2 is 1.87 bits per heavy atom. The molecule has 1 rings (SSSR count). The van der Waals surface area contributed by atoms with Crippen LogP contribution in [0.2, 0.25) is 0 Å². The topological polar surface area (TPSA) is 64.6 Å². The summed E-state index contributed by atoms with van der Waals surface area (Å²) >= 11 is 0. The maximum atomic E-state index is 12.1. The first-order valence-electron chi connectivity index (χ1n) is 7.84. The number of hydrogen-bond donors (Lipinski definition) is 1. The fraction of sp³-hybridized carbons (Fsp3) is 0.556. The molecule has 1 aromatic rings. The fourth-order valence-electron chi connectivity index (χ4n) is 2.18. The number of carbonyl (C=O) groups excluding carboxylic acids is 2. The third-order valence-corrected chi connectivity index (χ3v) is 3.18. The van der Waals surface area contributed by atoms with Gasteiger partial charge < -0.3 is 14.8 Å². The number of ether oxygens (including phenoxy) is 2. The van der Waals surface area contributed by atoms with Gasteiger partial charge in [0.1, 0.15) is 11.6 Å². The van der Waals surface area contributed by atoms with E-state index in [0.717, 1.165) is 16.7 Å². The Balaban J connectivity index is 2.88. The SMILES string of the molecule is CCOC(=O)C(Cc1ccc(C)cc1C)NC(=O)OC(C)(C)C. The zero-order valence-electron chi connectivity index (χ0n) is 14.9. The lowest BCUT2D eigenvalue weighted by atomic mass is 9.99. The van der Waals surface area contributed by atoms with Crippen molar-refractivity contribution in [3.63, 3.8) is 0 Å². The van der Waals surface area contributed by atoms with E-state index >= 15 is 0 Å². The summed E-state index contributed by atoms with van der Waals surface area (Å²) in [5.74, 6) is -0.460. The molecule has 128 valence electrons. The van der Waals surface area contributed by atoms with Gasteiger partial charge in [-0.25, -0.2) is 9.59 Å². The van der Waals surface area contributed by atoms with Crippen molar-refractivity contribution in [2.45, 2.75) is 59.6 Å². The molecule has 1 aromatic carbocycles. The molecule has 5 heteroatoms. The molecule has 0 aliphatic carbocycles. The predicted octanol–water partition coefficient (Wildman–Crippen LogP) is 3.30. The Hall–Kier alpha value is -2.04. The van der Waals surface area contributed by atoms with Crippen LogP contribution in [0.1, 0.15) is 44.4 Å². The van der Waals surface area contributed by atoms with Gasteiger partial charge in [-0.05, 0) is 52.7 Å². The Bertz CT molecular complexity index is 561. The lowest BCUT2D eigenvalue weighted by Crippen LogP contribution is -2.45. The van der Waals surface area contributed by atoms with Gasteiger partial charge in [0.2, 0.25) is 0 Å². The molecular formula is C18H27NO4. The minimum Gasteiger partial charge on any atom is -0.464 e. The van der Waals surface area contributed by atoms with Crippen LogP contribution in [0.3, 0.4) is 0 Å². The summed E-state index contributed by atoms with van der Waals surface area (Å²) in [5, 5.41) is 2.61. The van der Waals surface area contributed by atoms with Crippen molar-refractivity contribution in [3.8, 4) is 0 Å². The van der Waals surface area contributed by atoms with Crippen molar-refractivity contribution >= 4 is 12.1 Å². The maximum absolute atomic E-state index is 12.1. The van der Waals surface area contributed by atoms with Crippen LogP contribution < -0.4 is 5.32 Å². The number of rotatable bonds is 5. The quantitative estimate of drug-likeness (QED) is 0.845. The average molecular weight is 321 g/mol. The fourth-order valence-corrected chi connectivity index (χ4v) is 2.18. The van der Waals surface area contributed by atoms with Crippen LogP contribution in [0.15, 0.2) is 18.2 Å². The van der Waals surface area contributed by atoms with Gasteiger partial charge in [-0.15, -0.1) is 0 Å². The summed E-state index contributed by atoms with van der Waals surface area (Å²) < 4.78 is 10.3. The monoisotopic (exact) mass is 321 g/mol. The van der Waals surface area contributed by atoms with Crippen LogP contribution in [-0.4, -0.2) is 30.3 Å². The molecule has 0 fully saturated rings. The van der Waals surface area contributed by atoms with Gasteiger partial charge >= 0.3 is 12.1 Å². The van der Waals surface area contributed by atoms with E-state index in [1.807, 2.05) is 32.0 Å². The Kier molecular flexibility index (Phi) is 6.61. The second kappa shape index (κ2) is 7.99. The summed E-state index contributed by atoms with van der Waals surface area (Å²) in [4.78, 5) is 24.1. The molecular weight excluding hydrogens is 294 g/mol. The molecule has 0 aliphatic rings. The van der Waals surface area contributed by atoms with Crippen LogP contribution in [0.4, 0.5) is 4.79 Å². The molecule has 1 amide bonds. The van der Waals surface area contributed by atoms with E-state index < -0.39 is 23.7 Å². The van der Waals surface area contributed by atoms with E-state index in [2.05, 4.69) is 5.32 Å². The number of aryl methyl sites for hydroxylation is 2. The smallest absolute Gasteiger partial charge is 0.408 e. The zero-order chi connectivity index (χ0) is 17.6. The summed E-state index contributed by atoms with van der Waals surface area (Å²) in [6.45, 7) is 11.3. The molecule has 0 heterocycles. The van der Waals surface area contributed by atoms with Crippen LogP contribution in [0, 0.1) is 13.8 Å². The standard InChI is InChI=1S/C18H27NO4/c1-7-22-16(20)15(19-17(21)23-18(4,5)6)11-14-9-8-12(2)10-13(14)3/h8-10,15H,7,11H2,1-6H3,(H,19,21). The molecule has 0 aromatic heterocycles. The highest BCUT2D eigenvalue weighted by molar-refractivity contribution is 5.81. The number of benzene rings is 1. The van der Waals surface area contributed by atoms with E-state index in [9.17, 15) is 9.59 Å². The molecule has 0 aliphatic heterocycles. The van der Waals surface area contributed by atoms with Crippen molar-refractivity contribution in [2.75, 3.05) is 6.61 Å². The highest BCUT2D eigenvalue weighted by Crippen LogP contribution is 2.14. The first kappa shape index (κ1) is 19.0. The number of carbonyl (C=O) groups is 2. The molecule has 0 saturated carbocycles. The van der Waals surface area contributed by atoms with E-state index in [4.69, 9.17) is 9.47 Å². The van der Waals surface area contributed by atoms with Crippen molar-refractivity contribution < 1.29 is 19.1 Å². The Morgan fingerprint density at radius 3 is 2.39 bits per heavy atom. The van der Waals surface area contributed by atoms with Crippen molar-refractivity contribution in [2.24, 2.45) is 0 Å².